The number of halogens is 1. The van der Waals surface area contributed by atoms with Crippen LogP contribution in [0.25, 0.3) is 0 Å². The van der Waals surface area contributed by atoms with Crippen LogP contribution in [0.2, 0.25) is 0 Å². The Hall–Kier alpha value is -0.670. The van der Waals surface area contributed by atoms with Crippen molar-refractivity contribution in [3.63, 3.8) is 0 Å². The predicted octanol–water partition coefficient (Wildman–Crippen LogP) is 0.0892. The number of benzene rings is 1. The first-order valence-corrected chi connectivity index (χ1v) is 7.30. The molecule has 0 fully saturated rings. The lowest BCUT2D eigenvalue weighted by atomic mass is 10.3. The zero-order valence-electron chi connectivity index (χ0n) is 9.63. The van der Waals surface area contributed by atoms with E-state index in [-0.39, 0.29) is 17.2 Å². The van der Waals surface area contributed by atoms with Gasteiger partial charge in [0.1, 0.15) is 10.6 Å². The van der Waals surface area contributed by atoms with E-state index in [4.69, 9.17) is 14.9 Å². The van der Waals surface area contributed by atoms with Gasteiger partial charge in [-0.25, -0.2) is 13.1 Å². The molecular weight excluding hydrogens is 326 g/mol. The molecule has 0 radical (unpaired) electrons. The number of sulfonamides is 1. The summed E-state index contributed by atoms with van der Waals surface area (Å²) in [6.45, 7) is -0.785. The second kappa shape index (κ2) is 6.48. The Morgan fingerprint density at radius 1 is 1.50 bits per heavy atom. The van der Waals surface area contributed by atoms with Crippen LogP contribution in [0.4, 0.5) is 0 Å². The van der Waals surface area contributed by atoms with Crippen LogP contribution in [0.1, 0.15) is 0 Å². The highest BCUT2D eigenvalue weighted by atomic mass is 79.9. The molecule has 0 bridgehead atoms. The van der Waals surface area contributed by atoms with E-state index in [0.29, 0.717) is 4.47 Å². The van der Waals surface area contributed by atoms with E-state index in [1.807, 2.05) is 0 Å². The van der Waals surface area contributed by atoms with Crippen LogP contribution >= 0.6 is 15.9 Å². The standard InChI is InChI=1S/C10H14BrNO5S/c1-17-9-3-2-7(11)4-10(9)18(15,16)12-5-8(14)6-13/h2-4,8,12-14H,5-6H2,1H3/t8-/m0/s1. The number of aliphatic hydroxyl groups excluding tert-OH is 2. The van der Waals surface area contributed by atoms with Crippen molar-refractivity contribution in [1.82, 2.24) is 4.72 Å². The summed E-state index contributed by atoms with van der Waals surface area (Å²) in [5.41, 5.74) is 0. The van der Waals surface area contributed by atoms with E-state index in [0.717, 1.165) is 0 Å². The second-order valence-corrected chi connectivity index (χ2v) is 6.13. The number of methoxy groups -OCH3 is 1. The summed E-state index contributed by atoms with van der Waals surface area (Å²) in [7, 11) is -2.44. The molecule has 0 saturated heterocycles. The highest BCUT2D eigenvalue weighted by Gasteiger charge is 2.20. The molecule has 0 aromatic heterocycles. The van der Waals surface area contributed by atoms with E-state index in [1.165, 1.54) is 19.2 Å². The van der Waals surface area contributed by atoms with Crippen molar-refractivity contribution in [2.45, 2.75) is 11.0 Å². The van der Waals surface area contributed by atoms with E-state index in [1.54, 1.807) is 6.07 Å². The fourth-order valence-electron chi connectivity index (χ4n) is 1.21. The molecule has 18 heavy (non-hydrogen) atoms. The van der Waals surface area contributed by atoms with Gasteiger partial charge < -0.3 is 14.9 Å². The van der Waals surface area contributed by atoms with Crippen LogP contribution < -0.4 is 9.46 Å². The predicted molar refractivity (Wildman–Crippen MR) is 69.0 cm³/mol. The molecule has 8 heteroatoms. The molecule has 1 rings (SSSR count). The van der Waals surface area contributed by atoms with Crippen LogP contribution in [0.15, 0.2) is 27.6 Å². The summed E-state index contributed by atoms with van der Waals surface area (Å²) in [6, 6.07) is 4.56. The fourth-order valence-corrected chi connectivity index (χ4v) is 2.99. The first-order valence-electron chi connectivity index (χ1n) is 5.03. The van der Waals surface area contributed by atoms with Gasteiger partial charge in [0.2, 0.25) is 10.0 Å². The molecule has 3 N–H and O–H groups in total. The van der Waals surface area contributed by atoms with E-state index < -0.39 is 22.7 Å². The lowest BCUT2D eigenvalue weighted by Gasteiger charge is -2.12. The minimum Gasteiger partial charge on any atom is -0.495 e. The van der Waals surface area contributed by atoms with Gasteiger partial charge in [-0.05, 0) is 18.2 Å². The van der Waals surface area contributed by atoms with E-state index in [9.17, 15) is 8.42 Å². The van der Waals surface area contributed by atoms with Crippen molar-refractivity contribution >= 4 is 26.0 Å². The average Bonchev–Trinajstić information content (AvgIpc) is 2.36. The Kier molecular flexibility index (Phi) is 5.54. The van der Waals surface area contributed by atoms with Gasteiger partial charge >= 0.3 is 0 Å². The maximum atomic E-state index is 12.0. The molecule has 0 amide bonds. The third-order valence-corrected chi connectivity index (χ3v) is 4.07. The molecule has 1 aromatic rings. The first kappa shape index (κ1) is 15.4. The fraction of sp³-hybridized carbons (Fsp3) is 0.400. The minimum atomic E-state index is -3.81. The van der Waals surface area contributed by atoms with Crippen LogP contribution in [-0.4, -0.2) is 45.0 Å². The van der Waals surface area contributed by atoms with Gasteiger partial charge in [0.15, 0.2) is 0 Å². The van der Waals surface area contributed by atoms with E-state index in [2.05, 4.69) is 20.7 Å². The summed E-state index contributed by atoms with van der Waals surface area (Å²) in [5.74, 6) is 0.198. The molecule has 0 unspecified atom stereocenters. The Labute approximate surface area is 114 Å². The lowest BCUT2D eigenvalue weighted by molar-refractivity contribution is 0.0988. The first-order chi connectivity index (χ1) is 8.40. The van der Waals surface area contributed by atoms with Gasteiger partial charge in [-0.1, -0.05) is 15.9 Å². The maximum absolute atomic E-state index is 12.0. The number of nitrogens with one attached hydrogen (secondary N) is 1. The van der Waals surface area contributed by atoms with Gasteiger partial charge in [0.05, 0.1) is 19.8 Å². The topological polar surface area (TPSA) is 95.9 Å². The minimum absolute atomic E-state index is 0.0375. The Balaban J connectivity index is 3.00. The van der Waals surface area contributed by atoms with Crippen molar-refractivity contribution in [2.24, 2.45) is 0 Å². The highest BCUT2D eigenvalue weighted by molar-refractivity contribution is 9.10. The Morgan fingerprint density at radius 2 is 2.17 bits per heavy atom. The van der Waals surface area contributed by atoms with Gasteiger partial charge in [-0.3, -0.25) is 0 Å². The summed E-state index contributed by atoms with van der Waals surface area (Å²) in [6.07, 6.45) is -1.14. The molecule has 0 saturated carbocycles. The third kappa shape index (κ3) is 3.92. The second-order valence-electron chi connectivity index (χ2n) is 3.48. The number of hydrogen-bond acceptors (Lipinski definition) is 5. The number of aliphatic hydroxyl groups is 2. The monoisotopic (exact) mass is 339 g/mol. The summed E-state index contributed by atoms with van der Waals surface area (Å²) >= 11 is 3.17. The van der Waals surface area contributed by atoms with Crippen LogP contribution in [-0.2, 0) is 10.0 Å². The van der Waals surface area contributed by atoms with Gasteiger partial charge in [-0.15, -0.1) is 0 Å². The molecule has 102 valence electrons. The average molecular weight is 340 g/mol. The van der Waals surface area contributed by atoms with Gasteiger partial charge in [-0.2, -0.15) is 0 Å². The molecule has 0 aliphatic rings. The van der Waals surface area contributed by atoms with Gasteiger partial charge in [0, 0.05) is 11.0 Å². The molecule has 0 spiro atoms. The van der Waals surface area contributed by atoms with Crippen LogP contribution in [0, 0.1) is 0 Å². The van der Waals surface area contributed by atoms with E-state index >= 15 is 0 Å². The van der Waals surface area contributed by atoms with Crippen molar-refractivity contribution in [3.05, 3.63) is 22.7 Å². The number of rotatable bonds is 6. The molecule has 0 aliphatic heterocycles. The molecule has 0 heterocycles. The number of ether oxygens (including phenoxy) is 1. The van der Waals surface area contributed by atoms with Crippen molar-refractivity contribution in [1.29, 1.82) is 0 Å². The normalized spacial score (nSPS) is 13.3. The zero-order chi connectivity index (χ0) is 13.8. The van der Waals surface area contributed by atoms with Gasteiger partial charge in [0.25, 0.3) is 0 Å². The molecule has 6 nitrogen and oxygen atoms in total. The molecule has 1 atom stereocenters. The molecule has 0 aliphatic carbocycles. The SMILES string of the molecule is COc1ccc(Br)cc1S(=O)(=O)NC[C@H](O)CO. The van der Waals surface area contributed by atoms with Crippen LogP contribution in [0.3, 0.4) is 0 Å². The lowest BCUT2D eigenvalue weighted by Crippen LogP contribution is -2.34. The largest absolute Gasteiger partial charge is 0.495 e. The Bertz CT molecular complexity index is 505. The zero-order valence-corrected chi connectivity index (χ0v) is 12.0. The quantitative estimate of drug-likeness (QED) is 0.682. The third-order valence-electron chi connectivity index (χ3n) is 2.13. The van der Waals surface area contributed by atoms with Crippen LogP contribution in [0.5, 0.6) is 5.75 Å². The van der Waals surface area contributed by atoms with Crippen molar-refractivity contribution in [3.8, 4) is 5.75 Å². The molecule has 1 aromatic carbocycles. The Morgan fingerprint density at radius 3 is 2.72 bits per heavy atom. The maximum Gasteiger partial charge on any atom is 0.244 e. The number of hydrogen-bond donors (Lipinski definition) is 3. The summed E-state index contributed by atoms with van der Waals surface area (Å²) in [5, 5.41) is 17.8. The summed E-state index contributed by atoms with van der Waals surface area (Å²) < 4.78 is 31.7. The van der Waals surface area contributed by atoms with Crippen molar-refractivity contribution < 1.29 is 23.4 Å². The highest BCUT2D eigenvalue weighted by Crippen LogP contribution is 2.26. The van der Waals surface area contributed by atoms with Crippen molar-refractivity contribution in [2.75, 3.05) is 20.3 Å². The molecular formula is C10H14BrNO5S. The summed E-state index contributed by atoms with van der Waals surface area (Å²) in [4.78, 5) is -0.0375. The smallest absolute Gasteiger partial charge is 0.244 e.